The van der Waals surface area contributed by atoms with Crippen molar-refractivity contribution >= 4 is 11.9 Å². The topological polar surface area (TPSA) is 192 Å². The van der Waals surface area contributed by atoms with Gasteiger partial charge in [0.2, 0.25) is 12.0 Å². The number of ether oxygens (including phenoxy) is 4. The highest BCUT2D eigenvalue weighted by molar-refractivity contribution is 5.89. The minimum atomic E-state index is -1.82. The Bertz CT molecular complexity index is 724. The Hall–Kier alpha value is -1.96. The van der Waals surface area contributed by atoms with Crippen LogP contribution in [0.15, 0.2) is 11.5 Å². The van der Waals surface area contributed by atoms with Crippen LogP contribution in [0.1, 0.15) is 71.1 Å². The van der Waals surface area contributed by atoms with Gasteiger partial charge in [-0.25, -0.2) is 4.79 Å². The molecule has 2 heterocycles. The molecule has 208 valence electrons. The lowest BCUT2D eigenvalue weighted by Crippen LogP contribution is -2.59. The van der Waals surface area contributed by atoms with Crippen LogP contribution in [0.3, 0.4) is 0 Å². The largest absolute Gasteiger partial charge is 0.505 e. The van der Waals surface area contributed by atoms with Gasteiger partial charge in [0.05, 0.1) is 6.61 Å². The van der Waals surface area contributed by atoms with E-state index in [2.05, 4.69) is 6.92 Å². The van der Waals surface area contributed by atoms with Crippen LogP contribution in [0, 0.1) is 0 Å². The molecule has 0 saturated carbocycles. The van der Waals surface area contributed by atoms with Gasteiger partial charge in [-0.15, -0.1) is 0 Å². The van der Waals surface area contributed by atoms with E-state index < -0.39 is 79.6 Å². The molecule has 0 spiro atoms. The number of rotatable bonds is 16. The van der Waals surface area contributed by atoms with E-state index >= 15 is 0 Å². The molecule has 6 N–H and O–H groups in total. The summed E-state index contributed by atoms with van der Waals surface area (Å²) in [5.74, 6) is -3.32. The summed E-state index contributed by atoms with van der Waals surface area (Å²) in [6, 6.07) is 0. The third-order valence-corrected chi connectivity index (χ3v) is 6.25. The van der Waals surface area contributed by atoms with Crippen molar-refractivity contribution in [3.63, 3.8) is 0 Å². The Kier molecular flexibility index (Phi) is 12.9. The van der Waals surface area contributed by atoms with Gasteiger partial charge in [-0.05, 0) is 6.42 Å². The Morgan fingerprint density at radius 2 is 1.58 bits per heavy atom. The van der Waals surface area contributed by atoms with E-state index in [9.17, 15) is 40.2 Å². The van der Waals surface area contributed by atoms with E-state index in [1.165, 1.54) is 32.1 Å². The molecule has 0 bridgehead atoms. The van der Waals surface area contributed by atoms with Crippen LogP contribution in [-0.4, -0.2) is 98.7 Å². The zero-order valence-corrected chi connectivity index (χ0v) is 20.7. The molecule has 2 aliphatic heterocycles. The van der Waals surface area contributed by atoms with Crippen molar-refractivity contribution < 1.29 is 59.2 Å². The molecule has 0 radical (unpaired) electrons. The Morgan fingerprint density at radius 1 is 0.972 bits per heavy atom. The van der Waals surface area contributed by atoms with Crippen LogP contribution in [0.25, 0.3) is 0 Å². The highest BCUT2D eigenvalue weighted by atomic mass is 16.7. The summed E-state index contributed by atoms with van der Waals surface area (Å²) >= 11 is 0. The quantitative estimate of drug-likeness (QED) is 0.121. The number of aliphatic hydroxyl groups excluding tert-OH is 6. The van der Waals surface area contributed by atoms with E-state index in [1.807, 2.05) is 0 Å². The van der Waals surface area contributed by atoms with Crippen LogP contribution in [0.2, 0.25) is 0 Å². The Balaban J connectivity index is 1.75. The fraction of sp³-hybridized carbons (Fsp3) is 0.833. The number of cyclic esters (lactones) is 1. The van der Waals surface area contributed by atoms with Crippen LogP contribution in [0.5, 0.6) is 0 Å². The highest BCUT2D eigenvalue weighted by Crippen LogP contribution is 2.29. The molecule has 1 saturated heterocycles. The molecule has 12 heteroatoms. The normalized spacial score (nSPS) is 29.2. The summed E-state index contributed by atoms with van der Waals surface area (Å²) in [4.78, 5) is 24.1. The summed E-state index contributed by atoms with van der Waals surface area (Å²) in [5.41, 5.74) is 0. The van der Waals surface area contributed by atoms with Crippen molar-refractivity contribution in [2.24, 2.45) is 0 Å². The van der Waals surface area contributed by atoms with Gasteiger partial charge in [-0.2, -0.15) is 0 Å². The van der Waals surface area contributed by atoms with Crippen LogP contribution in [0.4, 0.5) is 0 Å². The number of aliphatic hydroxyl groups is 6. The molecular weight excluding hydrogens is 480 g/mol. The van der Waals surface area contributed by atoms with E-state index in [-0.39, 0.29) is 6.42 Å². The van der Waals surface area contributed by atoms with Crippen LogP contribution < -0.4 is 0 Å². The first kappa shape index (κ1) is 30.3. The second-order valence-electron chi connectivity index (χ2n) is 9.18. The predicted molar refractivity (Wildman–Crippen MR) is 123 cm³/mol. The molecule has 7 atom stereocenters. The summed E-state index contributed by atoms with van der Waals surface area (Å²) in [6.07, 6.45) is -1.34. The van der Waals surface area contributed by atoms with Gasteiger partial charge in [0.15, 0.2) is 11.9 Å². The number of carbonyl (C=O) groups is 2. The molecule has 2 aliphatic rings. The molecule has 0 aromatic carbocycles. The maximum Gasteiger partial charge on any atom is 0.378 e. The zero-order chi connectivity index (χ0) is 26.7. The number of hydrogen-bond donors (Lipinski definition) is 6. The minimum absolute atomic E-state index is 0.181. The van der Waals surface area contributed by atoms with E-state index in [1.54, 1.807) is 0 Å². The molecule has 12 nitrogen and oxygen atoms in total. The second-order valence-corrected chi connectivity index (χ2v) is 9.18. The maximum absolute atomic E-state index is 12.1. The lowest BCUT2D eigenvalue weighted by atomic mass is 9.99. The molecule has 2 rings (SSSR count). The first-order valence-corrected chi connectivity index (χ1v) is 12.7. The average Bonchev–Trinajstić information content (AvgIpc) is 3.14. The standard InChI is InChI=1S/C24H40O12/c1-2-3-4-5-6-7-8-9-10-11-16(27)33-13-14(26)21-20(31)22(23(32)35-21)36-24-19(30)18(29)17(28)15(12-25)34-24/h14-15,17-19,21,24-26,28-31H,2-13H2,1H3/t14-,15?,17+,18?,19-,21+,24-/m0/s1. The fourth-order valence-electron chi connectivity index (χ4n) is 4.03. The summed E-state index contributed by atoms with van der Waals surface area (Å²) in [5, 5.41) is 59.5. The molecule has 1 fully saturated rings. The van der Waals surface area contributed by atoms with Crippen LogP contribution >= 0.6 is 0 Å². The fourth-order valence-corrected chi connectivity index (χ4v) is 4.03. The van der Waals surface area contributed by atoms with Crippen molar-refractivity contribution in [2.75, 3.05) is 13.2 Å². The molecule has 36 heavy (non-hydrogen) atoms. The lowest BCUT2D eigenvalue weighted by molar-refractivity contribution is -0.291. The van der Waals surface area contributed by atoms with Crippen molar-refractivity contribution in [3.8, 4) is 0 Å². The molecule has 0 amide bonds. The van der Waals surface area contributed by atoms with E-state index in [0.29, 0.717) is 6.42 Å². The third kappa shape index (κ3) is 8.56. The molecular formula is C24H40O12. The van der Waals surface area contributed by atoms with Crippen molar-refractivity contribution in [2.45, 2.75) is 114 Å². The number of carbonyl (C=O) groups excluding carboxylic acids is 2. The third-order valence-electron chi connectivity index (χ3n) is 6.25. The molecule has 2 unspecified atom stereocenters. The summed E-state index contributed by atoms with van der Waals surface area (Å²) in [7, 11) is 0. The average molecular weight is 521 g/mol. The number of hydrogen-bond acceptors (Lipinski definition) is 12. The van der Waals surface area contributed by atoms with Gasteiger partial charge in [0, 0.05) is 6.42 Å². The molecule has 0 aromatic heterocycles. The van der Waals surface area contributed by atoms with Gasteiger partial charge in [0.1, 0.15) is 37.1 Å². The minimum Gasteiger partial charge on any atom is -0.505 e. The molecule has 0 aliphatic carbocycles. The monoisotopic (exact) mass is 520 g/mol. The van der Waals surface area contributed by atoms with Gasteiger partial charge >= 0.3 is 11.9 Å². The highest BCUT2D eigenvalue weighted by Gasteiger charge is 2.48. The van der Waals surface area contributed by atoms with E-state index in [0.717, 1.165) is 19.3 Å². The Labute approximate surface area is 210 Å². The smallest absolute Gasteiger partial charge is 0.378 e. The summed E-state index contributed by atoms with van der Waals surface area (Å²) in [6.45, 7) is 0.926. The maximum atomic E-state index is 12.1. The molecule has 0 aromatic rings. The number of esters is 2. The van der Waals surface area contributed by atoms with Crippen molar-refractivity contribution in [1.82, 2.24) is 0 Å². The summed E-state index contributed by atoms with van der Waals surface area (Å²) < 4.78 is 20.2. The van der Waals surface area contributed by atoms with Gasteiger partial charge in [-0.1, -0.05) is 58.3 Å². The number of unbranched alkanes of at least 4 members (excludes halogenated alkanes) is 8. The first-order valence-electron chi connectivity index (χ1n) is 12.7. The van der Waals surface area contributed by atoms with E-state index in [4.69, 9.17) is 18.9 Å². The second kappa shape index (κ2) is 15.3. The zero-order valence-electron chi connectivity index (χ0n) is 20.7. The van der Waals surface area contributed by atoms with Crippen molar-refractivity contribution in [3.05, 3.63) is 11.5 Å². The predicted octanol–water partition coefficient (Wildman–Crippen LogP) is 0.323. The van der Waals surface area contributed by atoms with Gasteiger partial charge in [0.25, 0.3) is 0 Å². The van der Waals surface area contributed by atoms with Gasteiger partial charge < -0.3 is 49.6 Å². The lowest BCUT2D eigenvalue weighted by Gasteiger charge is -2.39. The Morgan fingerprint density at radius 3 is 2.19 bits per heavy atom. The SMILES string of the molecule is CCCCCCCCCCCC(=O)OC[C@H](O)[C@H]1OC(=O)C(O[C@@H]2OC(CO)[C@@H](O)C(O)[C@@H]2O)=C1O. The van der Waals surface area contributed by atoms with Gasteiger partial charge in [-0.3, -0.25) is 4.79 Å². The van der Waals surface area contributed by atoms with Crippen LogP contribution in [-0.2, 0) is 28.5 Å². The first-order chi connectivity index (χ1) is 17.2. The van der Waals surface area contributed by atoms with Crippen molar-refractivity contribution in [1.29, 1.82) is 0 Å².